The number of anilines is 2. The zero-order valence-electron chi connectivity index (χ0n) is 10.4. The Morgan fingerprint density at radius 2 is 2.28 bits per heavy atom. The van der Waals surface area contributed by atoms with Crippen molar-refractivity contribution in [3.63, 3.8) is 0 Å². The summed E-state index contributed by atoms with van der Waals surface area (Å²) in [6.45, 7) is 3.88. The second-order valence-corrected chi connectivity index (χ2v) is 4.10. The molecule has 18 heavy (non-hydrogen) atoms. The van der Waals surface area contributed by atoms with Crippen molar-refractivity contribution in [2.24, 2.45) is 0 Å². The highest BCUT2D eigenvalue weighted by atomic mass is 16.2. The van der Waals surface area contributed by atoms with Crippen LogP contribution in [0.1, 0.15) is 35.1 Å². The second kappa shape index (κ2) is 4.91. The van der Waals surface area contributed by atoms with Crippen LogP contribution in [0.25, 0.3) is 0 Å². The number of carbonyl (C=O) groups is 1. The maximum absolute atomic E-state index is 12.0. The van der Waals surface area contributed by atoms with Crippen LogP contribution in [0.4, 0.5) is 11.5 Å². The van der Waals surface area contributed by atoms with Gasteiger partial charge in [0.05, 0.1) is 17.6 Å². The van der Waals surface area contributed by atoms with Gasteiger partial charge in [-0.15, -0.1) is 0 Å². The van der Waals surface area contributed by atoms with E-state index in [0.717, 1.165) is 24.1 Å². The molecule has 0 aliphatic carbocycles. The molecular formula is C11H16N6O. The lowest BCUT2D eigenvalue weighted by atomic mass is 10.2. The minimum atomic E-state index is -0.349. The van der Waals surface area contributed by atoms with Gasteiger partial charge in [-0.3, -0.25) is 15.0 Å². The molecule has 1 amide bonds. The lowest BCUT2D eigenvalue weighted by Gasteiger charge is -2.02. The Kier molecular flexibility index (Phi) is 3.31. The second-order valence-electron chi connectivity index (χ2n) is 4.10. The van der Waals surface area contributed by atoms with Crippen LogP contribution in [0.5, 0.6) is 0 Å². The third kappa shape index (κ3) is 2.20. The summed E-state index contributed by atoms with van der Waals surface area (Å²) in [4.78, 5) is 12.0. The fourth-order valence-corrected chi connectivity index (χ4v) is 1.65. The maximum Gasteiger partial charge on any atom is 0.279 e. The van der Waals surface area contributed by atoms with Gasteiger partial charge in [0.2, 0.25) is 0 Å². The van der Waals surface area contributed by atoms with Crippen LogP contribution < -0.4 is 11.1 Å². The standard InChI is InChI=1S/C11H16N6O/c1-3-4-7-8(12)9(16-15-7)11(18)14-10-6(2)5-13-17-10/h5H,3-4,12H2,1-2H3,(H,15,16)(H2,13,14,17,18). The Morgan fingerprint density at radius 3 is 2.89 bits per heavy atom. The monoisotopic (exact) mass is 248 g/mol. The molecule has 0 aliphatic rings. The van der Waals surface area contributed by atoms with Gasteiger partial charge in [0.25, 0.3) is 5.91 Å². The van der Waals surface area contributed by atoms with E-state index < -0.39 is 0 Å². The van der Waals surface area contributed by atoms with E-state index in [9.17, 15) is 4.79 Å². The molecule has 2 rings (SSSR count). The number of H-pyrrole nitrogens is 2. The van der Waals surface area contributed by atoms with E-state index in [1.165, 1.54) is 0 Å². The zero-order chi connectivity index (χ0) is 13.1. The lowest BCUT2D eigenvalue weighted by molar-refractivity contribution is 0.102. The summed E-state index contributed by atoms with van der Waals surface area (Å²) >= 11 is 0. The fraction of sp³-hybridized carbons (Fsp3) is 0.364. The van der Waals surface area contributed by atoms with E-state index >= 15 is 0 Å². The van der Waals surface area contributed by atoms with Gasteiger partial charge in [-0.25, -0.2) is 0 Å². The van der Waals surface area contributed by atoms with E-state index in [4.69, 9.17) is 5.73 Å². The number of hydrogen-bond acceptors (Lipinski definition) is 4. The average Bonchev–Trinajstić information content (AvgIpc) is 2.88. The molecule has 0 aromatic carbocycles. The van der Waals surface area contributed by atoms with Crippen molar-refractivity contribution in [2.45, 2.75) is 26.7 Å². The Labute approximate surface area is 104 Å². The van der Waals surface area contributed by atoms with Crippen LogP contribution in [0.3, 0.4) is 0 Å². The van der Waals surface area contributed by atoms with Crippen molar-refractivity contribution < 1.29 is 4.79 Å². The van der Waals surface area contributed by atoms with Gasteiger partial charge in [-0.05, 0) is 13.3 Å². The van der Waals surface area contributed by atoms with E-state index in [2.05, 4.69) is 25.7 Å². The molecule has 0 saturated carbocycles. The molecule has 0 fully saturated rings. The van der Waals surface area contributed by atoms with Crippen molar-refractivity contribution in [1.29, 1.82) is 0 Å². The van der Waals surface area contributed by atoms with Crippen LogP contribution in [-0.2, 0) is 6.42 Å². The highest BCUT2D eigenvalue weighted by Crippen LogP contribution is 2.17. The quantitative estimate of drug-likeness (QED) is 0.651. The largest absolute Gasteiger partial charge is 0.395 e. The number of nitrogen functional groups attached to an aromatic ring is 1. The molecule has 5 N–H and O–H groups in total. The van der Waals surface area contributed by atoms with Gasteiger partial charge in [0.15, 0.2) is 5.69 Å². The molecule has 0 bridgehead atoms. The Hall–Kier alpha value is -2.31. The topological polar surface area (TPSA) is 112 Å². The molecule has 2 aromatic heterocycles. The van der Waals surface area contributed by atoms with Crippen molar-refractivity contribution in [1.82, 2.24) is 20.4 Å². The predicted molar refractivity (Wildman–Crippen MR) is 68.3 cm³/mol. The summed E-state index contributed by atoms with van der Waals surface area (Å²) in [6, 6.07) is 0. The first kappa shape index (κ1) is 12.2. The number of nitrogens with one attached hydrogen (secondary N) is 3. The first-order chi connectivity index (χ1) is 8.63. The molecule has 96 valence electrons. The highest BCUT2D eigenvalue weighted by Gasteiger charge is 2.17. The van der Waals surface area contributed by atoms with Crippen molar-refractivity contribution in [3.8, 4) is 0 Å². The summed E-state index contributed by atoms with van der Waals surface area (Å²) in [7, 11) is 0. The number of carbonyl (C=O) groups excluding carboxylic acids is 1. The van der Waals surface area contributed by atoms with Crippen LogP contribution in [0.15, 0.2) is 6.20 Å². The summed E-state index contributed by atoms with van der Waals surface area (Å²) in [6.07, 6.45) is 3.34. The van der Waals surface area contributed by atoms with Crippen molar-refractivity contribution in [3.05, 3.63) is 23.1 Å². The third-order valence-corrected chi connectivity index (χ3v) is 2.67. The van der Waals surface area contributed by atoms with Crippen LogP contribution in [0.2, 0.25) is 0 Å². The molecular weight excluding hydrogens is 232 g/mol. The number of nitrogens with zero attached hydrogens (tertiary/aromatic N) is 2. The van der Waals surface area contributed by atoms with E-state index in [1.54, 1.807) is 6.20 Å². The molecule has 0 atom stereocenters. The Bertz CT molecular complexity index is 556. The molecule has 7 heteroatoms. The summed E-state index contributed by atoms with van der Waals surface area (Å²) in [5.41, 5.74) is 8.15. The van der Waals surface area contributed by atoms with Gasteiger partial charge in [0.1, 0.15) is 5.82 Å². The number of rotatable bonds is 4. The number of amides is 1. The molecule has 0 radical (unpaired) electrons. The van der Waals surface area contributed by atoms with E-state index in [1.807, 2.05) is 13.8 Å². The molecule has 2 aromatic rings. The summed E-state index contributed by atoms with van der Waals surface area (Å²) < 4.78 is 0. The van der Waals surface area contributed by atoms with E-state index in [0.29, 0.717) is 11.5 Å². The van der Waals surface area contributed by atoms with Gasteiger partial charge in [0, 0.05) is 5.56 Å². The lowest BCUT2D eigenvalue weighted by Crippen LogP contribution is -2.15. The van der Waals surface area contributed by atoms with Crippen LogP contribution in [0, 0.1) is 6.92 Å². The molecule has 2 heterocycles. The maximum atomic E-state index is 12.0. The first-order valence-corrected chi connectivity index (χ1v) is 5.77. The molecule has 0 saturated heterocycles. The fourth-order valence-electron chi connectivity index (χ4n) is 1.65. The smallest absolute Gasteiger partial charge is 0.279 e. The van der Waals surface area contributed by atoms with Gasteiger partial charge < -0.3 is 11.1 Å². The number of nitrogens with two attached hydrogens (primary N) is 1. The first-order valence-electron chi connectivity index (χ1n) is 5.77. The molecule has 0 unspecified atom stereocenters. The third-order valence-electron chi connectivity index (χ3n) is 2.67. The van der Waals surface area contributed by atoms with Crippen LogP contribution in [-0.4, -0.2) is 26.3 Å². The summed E-state index contributed by atoms with van der Waals surface area (Å²) in [5.74, 6) is 0.206. The Morgan fingerprint density at radius 1 is 1.50 bits per heavy atom. The Balaban J connectivity index is 2.17. The average molecular weight is 248 g/mol. The number of aromatic amines is 2. The van der Waals surface area contributed by atoms with E-state index in [-0.39, 0.29) is 11.6 Å². The predicted octanol–water partition coefficient (Wildman–Crippen LogP) is 1.23. The van der Waals surface area contributed by atoms with Crippen molar-refractivity contribution >= 4 is 17.4 Å². The normalized spacial score (nSPS) is 10.6. The number of hydrogen-bond donors (Lipinski definition) is 4. The summed E-state index contributed by atoms with van der Waals surface area (Å²) in [5, 5.41) is 15.9. The van der Waals surface area contributed by atoms with Crippen molar-refractivity contribution in [2.75, 3.05) is 11.1 Å². The number of aryl methyl sites for hydroxylation is 2. The highest BCUT2D eigenvalue weighted by molar-refractivity contribution is 6.06. The molecule has 7 nitrogen and oxygen atoms in total. The SMILES string of the molecule is CCCc1[nH]nc(C(=O)Nc2[nH]ncc2C)c1N. The van der Waals surface area contributed by atoms with Gasteiger partial charge >= 0.3 is 0 Å². The molecule has 0 spiro atoms. The number of aromatic nitrogens is 4. The zero-order valence-corrected chi connectivity index (χ0v) is 10.4. The minimum absolute atomic E-state index is 0.215. The van der Waals surface area contributed by atoms with Gasteiger partial charge in [-0.2, -0.15) is 10.2 Å². The minimum Gasteiger partial charge on any atom is -0.395 e. The van der Waals surface area contributed by atoms with Crippen LogP contribution >= 0.6 is 0 Å². The van der Waals surface area contributed by atoms with Gasteiger partial charge in [-0.1, -0.05) is 13.3 Å². The molecule has 0 aliphatic heterocycles.